The molecule has 0 atom stereocenters. The number of nitrogens with zero attached hydrogens (tertiary/aromatic N) is 2. The molecule has 5 nitrogen and oxygen atoms in total. The Labute approximate surface area is 118 Å². The van der Waals surface area contributed by atoms with Crippen molar-refractivity contribution in [2.75, 3.05) is 32.1 Å². The van der Waals surface area contributed by atoms with Crippen LogP contribution in [0, 0.1) is 0 Å². The van der Waals surface area contributed by atoms with E-state index in [9.17, 15) is 9.59 Å². The number of carboxylic acids is 1. The van der Waals surface area contributed by atoms with Gasteiger partial charge in [-0.3, -0.25) is 4.79 Å². The minimum absolute atomic E-state index is 0.178. The summed E-state index contributed by atoms with van der Waals surface area (Å²) in [5.74, 6) is -0.754. The lowest BCUT2D eigenvalue weighted by atomic mass is 10.0. The van der Waals surface area contributed by atoms with E-state index < -0.39 is 5.97 Å². The molecule has 20 heavy (non-hydrogen) atoms. The number of ketones is 1. The number of carboxylic acid groups (broad SMARTS) is 1. The fraction of sp³-hybridized carbons (Fsp3) is 0.333. The van der Waals surface area contributed by atoms with Gasteiger partial charge in [0.05, 0.1) is 5.56 Å². The van der Waals surface area contributed by atoms with Gasteiger partial charge in [-0.2, -0.15) is 0 Å². The Hall–Kier alpha value is -2.30. The molecule has 1 fully saturated rings. The fourth-order valence-electron chi connectivity index (χ4n) is 2.23. The molecule has 106 valence electrons. The Balaban J connectivity index is 2.17. The van der Waals surface area contributed by atoms with E-state index in [1.165, 1.54) is 0 Å². The van der Waals surface area contributed by atoms with Crippen molar-refractivity contribution in [2.24, 2.45) is 0 Å². The largest absolute Gasteiger partial charge is 0.478 e. The summed E-state index contributed by atoms with van der Waals surface area (Å²) >= 11 is 0. The van der Waals surface area contributed by atoms with E-state index in [1.54, 1.807) is 24.3 Å². The predicted octanol–water partition coefficient (Wildman–Crippen LogP) is 1.61. The number of anilines is 1. The topological polar surface area (TPSA) is 60.9 Å². The zero-order valence-electron chi connectivity index (χ0n) is 11.7. The van der Waals surface area contributed by atoms with Gasteiger partial charge in [-0.15, -0.1) is 0 Å². The summed E-state index contributed by atoms with van der Waals surface area (Å²) in [6.45, 7) is 1.22. The van der Waals surface area contributed by atoms with Crippen LogP contribution >= 0.6 is 0 Å². The Morgan fingerprint density at radius 3 is 2.50 bits per heavy atom. The highest BCUT2D eigenvalue weighted by Gasteiger charge is 2.21. The quantitative estimate of drug-likeness (QED) is 0.849. The summed E-state index contributed by atoms with van der Waals surface area (Å²) in [5, 5.41) is 8.89. The molecule has 1 aliphatic heterocycles. The SMILES string of the molecule is CN(C)C=C1CN(c2ccc(C(=O)O)cc2)CCC1=O. The summed E-state index contributed by atoms with van der Waals surface area (Å²) in [4.78, 5) is 26.6. The first kappa shape index (κ1) is 14.1. The van der Waals surface area contributed by atoms with E-state index in [2.05, 4.69) is 4.90 Å². The van der Waals surface area contributed by atoms with E-state index in [0.29, 0.717) is 19.5 Å². The van der Waals surface area contributed by atoms with E-state index >= 15 is 0 Å². The van der Waals surface area contributed by atoms with Crippen LogP contribution in [0.25, 0.3) is 0 Å². The molecule has 0 amide bonds. The van der Waals surface area contributed by atoms with Crippen molar-refractivity contribution in [3.05, 3.63) is 41.6 Å². The Bertz CT molecular complexity index is 547. The number of piperidine rings is 1. The summed E-state index contributed by atoms with van der Waals surface area (Å²) in [6.07, 6.45) is 2.33. The second-order valence-electron chi connectivity index (χ2n) is 5.06. The zero-order chi connectivity index (χ0) is 14.7. The van der Waals surface area contributed by atoms with Crippen LogP contribution in [0.1, 0.15) is 16.8 Å². The van der Waals surface area contributed by atoms with E-state index in [0.717, 1.165) is 11.3 Å². The van der Waals surface area contributed by atoms with Crippen molar-refractivity contribution in [2.45, 2.75) is 6.42 Å². The van der Waals surface area contributed by atoms with Crippen molar-refractivity contribution in [1.29, 1.82) is 0 Å². The molecule has 0 aliphatic carbocycles. The number of Topliss-reactive ketones (excluding diaryl/α,β-unsaturated/α-hetero) is 1. The van der Waals surface area contributed by atoms with Gasteiger partial charge in [-0.25, -0.2) is 4.79 Å². The molecule has 0 aromatic heterocycles. The number of carbonyl (C=O) groups excluding carboxylic acids is 1. The van der Waals surface area contributed by atoms with Crippen LogP contribution in [0.2, 0.25) is 0 Å². The molecule has 0 bridgehead atoms. The monoisotopic (exact) mass is 274 g/mol. The first-order chi connectivity index (χ1) is 9.47. The molecule has 1 aliphatic rings. The van der Waals surface area contributed by atoms with Gasteiger partial charge in [-0.1, -0.05) is 0 Å². The van der Waals surface area contributed by atoms with Gasteiger partial charge >= 0.3 is 5.97 Å². The van der Waals surface area contributed by atoms with Crippen LogP contribution in [-0.4, -0.2) is 48.9 Å². The molecule has 1 saturated heterocycles. The number of aromatic carboxylic acids is 1. The van der Waals surface area contributed by atoms with Gasteiger partial charge in [0.2, 0.25) is 0 Å². The second-order valence-corrected chi connectivity index (χ2v) is 5.06. The highest BCUT2D eigenvalue weighted by atomic mass is 16.4. The first-order valence-corrected chi connectivity index (χ1v) is 6.46. The third kappa shape index (κ3) is 3.17. The molecule has 1 heterocycles. The predicted molar refractivity (Wildman–Crippen MR) is 77.0 cm³/mol. The molecule has 0 saturated carbocycles. The van der Waals surface area contributed by atoms with Gasteiger partial charge in [0.1, 0.15) is 0 Å². The number of hydrogen-bond acceptors (Lipinski definition) is 4. The smallest absolute Gasteiger partial charge is 0.335 e. The van der Waals surface area contributed by atoms with Gasteiger partial charge in [-0.05, 0) is 24.3 Å². The van der Waals surface area contributed by atoms with Gasteiger partial charge in [0.15, 0.2) is 5.78 Å². The minimum atomic E-state index is -0.932. The van der Waals surface area contributed by atoms with Crippen molar-refractivity contribution in [3.63, 3.8) is 0 Å². The van der Waals surface area contributed by atoms with Crippen LogP contribution < -0.4 is 4.90 Å². The third-order valence-corrected chi connectivity index (χ3v) is 3.22. The molecule has 5 heteroatoms. The second kappa shape index (κ2) is 5.77. The minimum Gasteiger partial charge on any atom is -0.478 e. The van der Waals surface area contributed by atoms with Crippen molar-refractivity contribution < 1.29 is 14.7 Å². The van der Waals surface area contributed by atoms with Crippen molar-refractivity contribution >= 4 is 17.4 Å². The maximum Gasteiger partial charge on any atom is 0.335 e. The Kier molecular flexibility index (Phi) is 4.08. The third-order valence-electron chi connectivity index (χ3n) is 3.22. The van der Waals surface area contributed by atoms with Gasteiger partial charge < -0.3 is 14.9 Å². The molecule has 2 rings (SSSR count). The maximum absolute atomic E-state index is 11.9. The van der Waals surface area contributed by atoms with Crippen LogP contribution in [0.3, 0.4) is 0 Å². The average molecular weight is 274 g/mol. The summed E-state index contributed by atoms with van der Waals surface area (Å²) in [5.41, 5.74) is 1.99. The Morgan fingerprint density at radius 1 is 1.30 bits per heavy atom. The lowest BCUT2D eigenvalue weighted by Gasteiger charge is -2.30. The summed E-state index contributed by atoms with van der Waals surface area (Å²) in [7, 11) is 3.78. The van der Waals surface area contributed by atoms with Gasteiger partial charge in [0, 0.05) is 51.1 Å². The van der Waals surface area contributed by atoms with Crippen LogP contribution in [0.15, 0.2) is 36.0 Å². The lowest BCUT2D eigenvalue weighted by Crippen LogP contribution is -2.36. The molecular weight excluding hydrogens is 256 g/mol. The molecule has 1 aromatic carbocycles. The number of benzene rings is 1. The molecule has 0 spiro atoms. The van der Waals surface area contributed by atoms with E-state index in [4.69, 9.17) is 5.11 Å². The molecular formula is C15H18N2O3. The number of carbonyl (C=O) groups is 2. The van der Waals surface area contributed by atoms with E-state index in [1.807, 2.05) is 25.2 Å². The number of rotatable bonds is 3. The summed E-state index contributed by atoms with van der Waals surface area (Å²) < 4.78 is 0. The lowest BCUT2D eigenvalue weighted by molar-refractivity contribution is -0.116. The molecule has 1 aromatic rings. The first-order valence-electron chi connectivity index (χ1n) is 6.46. The van der Waals surface area contributed by atoms with Crippen molar-refractivity contribution in [1.82, 2.24) is 4.90 Å². The highest BCUT2D eigenvalue weighted by Crippen LogP contribution is 2.21. The van der Waals surface area contributed by atoms with Crippen LogP contribution in [0.5, 0.6) is 0 Å². The fourth-order valence-corrected chi connectivity index (χ4v) is 2.23. The Morgan fingerprint density at radius 2 is 1.95 bits per heavy atom. The zero-order valence-corrected chi connectivity index (χ0v) is 11.7. The summed E-state index contributed by atoms with van der Waals surface area (Å²) in [6, 6.07) is 6.74. The standard InChI is InChI=1S/C15H18N2O3/c1-16(2)9-12-10-17(8-7-14(12)18)13-5-3-11(4-6-13)15(19)20/h3-6,9H,7-8,10H2,1-2H3,(H,19,20). The normalized spacial score (nSPS) is 17.4. The molecule has 1 N–H and O–H groups in total. The molecule has 0 radical (unpaired) electrons. The highest BCUT2D eigenvalue weighted by molar-refractivity contribution is 5.97. The van der Waals surface area contributed by atoms with Crippen LogP contribution in [0.4, 0.5) is 5.69 Å². The van der Waals surface area contributed by atoms with E-state index in [-0.39, 0.29) is 11.3 Å². The molecule has 0 unspecified atom stereocenters. The van der Waals surface area contributed by atoms with Crippen LogP contribution in [-0.2, 0) is 4.79 Å². The average Bonchev–Trinajstić information content (AvgIpc) is 2.41. The maximum atomic E-state index is 11.9. The van der Waals surface area contributed by atoms with Gasteiger partial charge in [0.25, 0.3) is 0 Å². The number of hydrogen-bond donors (Lipinski definition) is 1. The van der Waals surface area contributed by atoms with Crippen molar-refractivity contribution in [3.8, 4) is 0 Å².